The Balaban J connectivity index is 1.44. The molecule has 0 unspecified atom stereocenters. The molecule has 0 bridgehead atoms. The maximum absolute atomic E-state index is 12.7. The Morgan fingerprint density at radius 1 is 1.00 bits per heavy atom. The zero-order chi connectivity index (χ0) is 21.6. The second-order valence-corrected chi connectivity index (χ2v) is 8.43. The van der Waals surface area contributed by atoms with Gasteiger partial charge in [-0.3, -0.25) is 4.79 Å². The van der Waals surface area contributed by atoms with Crippen molar-refractivity contribution < 1.29 is 9.53 Å². The van der Waals surface area contributed by atoms with Crippen molar-refractivity contribution in [2.75, 3.05) is 20.7 Å². The monoisotopic (exact) mass is 414 g/mol. The summed E-state index contributed by atoms with van der Waals surface area (Å²) in [5.41, 5.74) is 5.96. The third-order valence-corrected chi connectivity index (χ3v) is 5.72. The molecular formula is C27H30N2O2. The van der Waals surface area contributed by atoms with Crippen LogP contribution in [0.15, 0.2) is 72.8 Å². The molecule has 1 aliphatic rings. The highest BCUT2D eigenvalue weighted by Crippen LogP contribution is 2.30. The van der Waals surface area contributed by atoms with E-state index >= 15 is 0 Å². The first-order valence-electron chi connectivity index (χ1n) is 10.9. The number of nitrogens with one attached hydrogen (secondary N) is 1. The molecule has 0 aromatic heterocycles. The van der Waals surface area contributed by atoms with Gasteiger partial charge in [-0.1, -0.05) is 60.7 Å². The lowest BCUT2D eigenvalue weighted by Gasteiger charge is -2.26. The van der Waals surface area contributed by atoms with Crippen molar-refractivity contribution in [1.82, 2.24) is 10.2 Å². The van der Waals surface area contributed by atoms with E-state index in [9.17, 15) is 4.79 Å². The first-order chi connectivity index (χ1) is 15.1. The summed E-state index contributed by atoms with van der Waals surface area (Å²) < 4.78 is 5.98. The first kappa shape index (κ1) is 21.1. The molecule has 1 amide bonds. The van der Waals surface area contributed by atoms with Crippen LogP contribution in [0.1, 0.15) is 35.6 Å². The number of benzene rings is 3. The molecule has 4 nitrogen and oxygen atoms in total. The molecule has 0 spiro atoms. The van der Waals surface area contributed by atoms with Crippen LogP contribution in [-0.4, -0.2) is 31.5 Å². The summed E-state index contributed by atoms with van der Waals surface area (Å²) in [6.45, 7) is 0.761. The number of rotatable bonds is 7. The Labute approximate surface area is 184 Å². The van der Waals surface area contributed by atoms with Gasteiger partial charge in [0.25, 0.3) is 5.91 Å². The number of amides is 1. The van der Waals surface area contributed by atoms with Gasteiger partial charge in [0.15, 0.2) is 6.61 Å². The fourth-order valence-corrected chi connectivity index (χ4v) is 4.28. The summed E-state index contributed by atoms with van der Waals surface area (Å²) in [4.78, 5) is 14.8. The van der Waals surface area contributed by atoms with Crippen LogP contribution < -0.4 is 10.1 Å². The predicted octanol–water partition coefficient (Wildman–Crippen LogP) is 4.99. The number of fused-ring (bicyclic) bond motifs is 1. The van der Waals surface area contributed by atoms with Crippen molar-refractivity contribution in [3.05, 3.63) is 89.5 Å². The van der Waals surface area contributed by atoms with Crippen molar-refractivity contribution in [1.29, 1.82) is 0 Å². The van der Waals surface area contributed by atoms with E-state index in [1.807, 2.05) is 44.4 Å². The van der Waals surface area contributed by atoms with E-state index in [2.05, 4.69) is 52.7 Å². The zero-order valence-electron chi connectivity index (χ0n) is 18.3. The summed E-state index contributed by atoms with van der Waals surface area (Å²) in [6, 6.07) is 25.0. The highest BCUT2D eigenvalue weighted by Gasteiger charge is 2.21. The van der Waals surface area contributed by atoms with Gasteiger partial charge in [0, 0.05) is 12.1 Å². The molecule has 1 atom stereocenters. The zero-order valence-corrected chi connectivity index (χ0v) is 18.3. The maximum atomic E-state index is 12.7. The minimum atomic E-state index is -0.0790. The number of nitrogens with zero attached hydrogens (tertiary/aromatic N) is 1. The second kappa shape index (κ2) is 9.80. The molecule has 4 heteroatoms. The number of aryl methyl sites for hydroxylation is 1. The average Bonchev–Trinajstić information content (AvgIpc) is 2.79. The molecule has 0 saturated carbocycles. The SMILES string of the molecule is CN(C)Cc1cc(-c2ccccc2)ccc1OCC(=O)N[C@H]1CCCc2ccccc21. The van der Waals surface area contributed by atoms with Crippen molar-refractivity contribution in [2.24, 2.45) is 0 Å². The Morgan fingerprint density at radius 2 is 1.77 bits per heavy atom. The smallest absolute Gasteiger partial charge is 0.258 e. The van der Waals surface area contributed by atoms with Gasteiger partial charge in [-0.15, -0.1) is 0 Å². The van der Waals surface area contributed by atoms with Crippen LogP contribution in [0.25, 0.3) is 11.1 Å². The third kappa shape index (κ3) is 5.33. The fourth-order valence-electron chi connectivity index (χ4n) is 4.28. The van der Waals surface area contributed by atoms with E-state index in [1.54, 1.807) is 0 Å². The van der Waals surface area contributed by atoms with Crippen LogP contribution in [0.4, 0.5) is 0 Å². The molecule has 31 heavy (non-hydrogen) atoms. The average molecular weight is 415 g/mol. The van der Waals surface area contributed by atoms with Crippen LogP contribution >= 0.6 is 0 Å². The van der Waals surface area contributed by atoms with E-state index in [-0.39, 0.29) is 18.6 Å². The summed E-state index contributed by atoms with van der Waals surface area (Å²) in [7, 11) is 4.07. The molecule has 4 rings (SSSR count). The minimum Gasteiger partial charge on any atom is -0.483 e. The molecule has 3 aromatic rings. The number of hydrogen-bond donors (Lipinski definition) is 1. The normalized spacial score (nSPS) is 15.4. The second-order valence-electron chi connectivity index (χ2n) is 8.43. The molecule has 3 aromatic carbocycles. The van der Waals surface area contributed by atoms with E-state index < -0.39 is 0 Å². The minimum absolute atomic E-state index is 0.0176. The lowest BCUT2D eigenvalue weighted by Crippen LogP contribution is -2.34. The Bertz CT molecular complexity index is 1030. The van der Waals surface area contributed by atoms with Gasteiger partial charge < -0.3 is 15.0 Å². The highest BCUT2D eigenvalue weighted by molar-refractivity contribution is 5.78. The number of carbonyl (C=O) groups excluding carboxylic acids is 1. The molecule has 1 aliphatic carbocycles. The summed E-state index contributed by atoms with van der Waals surface area (Å²) in [5.74, 6) is 0.678. The molecule has 1 N–H and O–H groups in total. The van der Waals surface area contributed by atoms with Gasteiger partial charge in [-0.05, 0) is 67.7 Å². The third-order valence-electron chi connectivity index (χ3n) is 5.72. The quantitative estimate of drug-likeness (QED) is 0.592. The van der Waals surface area contributed by atoms with E-state index in [1.165, 1.54) is 16.7 Å². The Hall–Kier alpha value is -3.11. The Morgan fingerprint density at radius 3 is 2.58 bits per heavy atom. The topological polar surface area (TPSA) is 41.6 Å². The highest BCUT2D eigenvalue weighted by atomic mass is 16.5. The van der Waals surface area contributed by atoms with Gasteiger partial charge >= 0.3 is 0 Å². The summed E-state index contributed by atoms with van der Waals surface area (Å²) >= 11 is 0. The standard InChI is InChI=1S/C27H30N2O2/c1-29(2)18-23-17-22(20-9-4-3-5-10-20)15-16-26(23)31-19-27(30)28-25-14-8-12-21-11-6-7-13-24(21)25/h3-7,9-11,13,15-17,25H,8,12,14,18-19H2,1-2H3,(H,28,30)/t25-/m0/s1. The lowest BCUT2D eigenvalue weighted by atomic mass is 9.88. The van der Waals surface area contributed by atoms with Crippen molar-refractivity contribution >= 4 is 5.91 Å². The summed E-state index contributed by atoms with van der Waals surface area (Å²) in [6.07, 6.45) is 3.15. The van der Waals surface area contributed by atoms with Crippen LogP contribution in [-0.2, 0) is 17.8 Å². The van der Waals surface area contributed by atoms with Crippen molar-refractivity contribution in [3.8, 4) is 16.9 Å². The molecule has 0 aliphatic heterocycles. The van der Waals surface area contributed by atoms with Gasteiger partial charge in [0.1, 0.15) is 5.75 Å². The van der Waals surface area contributed by atoms with Crippen LogP contribution in [0.2, 0.25) is 0 Å². The maximum Gasteiger partial charge on any atom is 0.258 e. The van der Waals surface area contributed by atoms with Gasteiger partial charge in [0.05, 0.1) is 6.04 Å². The number of hydrogen-bond acceptors (Lipinski definition) is 3. The number of carbonyl (C=O) groups is 1. The molecular weight excluding hydrogens is 384 g/mol. The fraction of sp³-hybridized carbons (Fsp3) is 0.296. The molecule has 0 radical (unpaired) electrons. The molecule has 0 fully saturated rings. The van der Waals surface area contributed by atoms with Crippen LogP contribution in [0.5, 0.6) is 5.75 Å². The summed E-state index contributed by atoms with van der Waals surface area (Å²) in [5, 5.41) is 3.17. The van der Waals surface area contributed by atoms with Gasteiger partial charge in [-0.2, -0.15) is 0 Å². The van der Waals surface area contributed by atoms with Gasteiger partial charge in [-0.25, -0.2) is 0 Å². The van der Waals surface area contributed by atoms with Crippen molar-refractivity contribution in [3.63, 3.8) is 0 Å². The number of ether oxygens (including phenoxy) is 1. The molecule has 160 valence electrons. The van der Waals surface area contributed by atoms with E-state index in [0.29, 0.717) is 0 Å². The van der Waals surface area contributed by atoms with Crippen LogP contribution in [0.3, 0.4) is 0 Å². The van der Waals surface area contributed by atoms with E-state index in [4.69, 9.17) is 4.74 Å². The molecule has 0 saturated heterocycles. The van der Waals surface area contributed by atoms with Crippen LogP contribution in [0, 0.1) is 0 Å². The van der Waals surface area contributed by atoms with Gasteiger partial charge in [0.2, 0.25) is 0 Å². The molecule has 0 heterocycles. The largest absolute Gasteiger partial charge is 0.483 e. The predicted molar refractivity (Wildman–Crippen MR) is 125 cm³/mol. The van der Waals surface area contributed by atoms with Crippen molar-refractivity contribution in [2.45, 2.75) is 31.8 Å². The lowest BCUT2D eigenvalue weighted by molar-refractivity contribution is -0.124. The Kier molecular flexibility index (Phi) is 6.68. The first-order valence-corrected chi connectivity index (χ1v) is 10.9. The van der Waals surface area contributed by atoms with E-state index in [0.717, 1.165) is 42.7 Å².